The Morgan fingerprint density at radius 1 is 1.28 bits per heavy atom. The average molecular weight is 245 g/mol. The molecular formula is C13H19N5. The molecule has 1 fully saturated rings. The fourth-order valence-electron chi connectivity index (χ4n) is 2.23. The van der Waals surface area contributed by atoms with Crippen LogP contribution in [-0.4, -0.2) is 25.3 Å². The monoisotopic (exact) mass is 245 g/mol. The van der Waals surface area contributed by atoms with Crippen LogP contribution in [0.25, 0.3) is 0 Å². The van der Waals surface area contributed by atoms with Crippen LogP contribution in [0.1, 0.15) is 24.0 Å². The van der Waals surface area contributed by atoms with Crippen molar-refractivity contribution in [3.05, 3.63) is 29.3 Å². The van der Waals surface area contributed by atoms with Gasteiger partial charge in [0.2, 0.25) is 5.96 Å². The van der Waals surface area contributed by atoms with Crippen LogP contribution in [0, 0.1) is 6.92 Å². The van der Waals surface area contributed by atoms with Crippen LogP contribution in [0.5, 0.6) is 0 Å². The van der Waals surface area contributed by atoms with Gasteiger partial charge in [-0.15, -0.1) is 5.10 Å². The van der Waals surface area contributed by atoms with Crippen molar-refractivity contribution in [2.75, 3.05) is 18.0 Å². The average Bonchev–Trinajstić information content (AvgIpc) is 2.82. The Morgan fingerprint density at radius 3 is 2.61 bits per heavy atom. The molecule has 0 bridgehead atoms. The Balaban J connectivity index is 2.14. The standard InChI is InChI=1S/C13H19N5/c1-10-8-11(9-16-17-13(14)15)4-5-12(10)18-6-2-3-7-18/h4-5,8-9H,2-3,6-7H2,1H3,(H4,14,15,17). The Labute approximate surface area is 107 Å². The lowest BCUT2D eigenvalue weighted by Gasteiger charge is -2.20. The van der Waals surface area contributed by atoms with E-state index in [4.69, 9.17) is 11.5 Å². The zero-order chi connectivity index (χ0) is 13.0. The molecule has 4 N–H and O–H groups in total. The van der Waals surface area contributed by atoms with Crippen LogP contribution in [0.15, 0.2) is 28.4 Å². The van der Waals surface area contributed by atoms with Gasteiger partial charge in [0, 0.05) is 18.8 Å². The summed E-state index contributed by atoms with van der Waals surface area (Å²) in [5.41, 5.74) is 14.0. The summed E-state index contributed by atoms with van der Waals surface area (Å²) in [6, 6.07) is 6.27. The summed E-state index contributed by atoms with van der Waals surface area (Å²) in [5.74, 6) is -0.0309. The molecule has 18 heavy (non-hydrogen) atoms. The van der Waals surface area contributed by atoms with Gasteiger partial charge in [-0.2, -0.15) is 5.10 Å². The highest BCUT2D eigenvalue weighted by atomic mass is 15.3. The molecule has 0 radical (unpaired) electrons. The van der Waals surface area contributed by atoms with Crippen molar-refractivity contribution in [1.29, 1.82) is 0 Å². The molecule has 5 heteroatoms. The topological polar surface area (TPSA) is 80.0 Å². The van der Waals surface area contributed by atoms with Crippen LogP contribution in [-0.2, 0) is 0 Å². The van der Waals surface area contributed by atoms with E-state index in [2.05, 4.69) is 34.2 Å². The van der Waals surface area contributed by atoms with Crippen molar-refractivity contribution in [1.82, 2.24) is 0 Å². The number of hydrogen-bond acceptors (Lipinski definition) is 3. The van der Waals surface area contributed by atoms with E-state index in [0.29, 0.717) is 0 Å². The molecule has 0 amide bonds. The summed E-state index contributed by atoms with van der Waals surface area (Å²) in [6.45, 7) is 4.43. The molecule has 1 heterocycles. The molecule has 1 aliphatic heterocycles. The summed E-state index contributed by atoms with van der Waals surface area (Å²) in [6.07, 6.45) is 4.22. The second-order valence-electron chi connectivity index (χ2n) is 4.51. The summed E-state index contributed by atoms with van der Waals surface area (Å²) < 4.78 is 0. The molecule has 1 saturated heterocycles. The van der Waals surface area contributed by atoms with Crippen molar-refractivity contribution in [2.24, 2.45) is 21.7 Å². The van der Waals surface area contributed by atoms with Gasteiger partial charge in [0.25, 0.3) is 0 Å². The first kappa shape index (κ1) is 12.4. The normalized spacial score (nSPS) is 15.3. The number of anilines is 1. The van der Waals surface area contributed by atoms with Crippen molar-refractivity contribution in [3.8, 4) is 0 Å². The smallest absolute Gasteiger partial charge is 0.211 e. The second-order valence-corrected chi connectivity index (χ2v) is 4.51. The van der Waals surface area contributed by atoms with E-state index in [1.807, 2.05) is 6.07 Å². The van der Waals surface area contributed by atoms with Gasteiger partial charge in [0.1, 0.15) is 0 Å². The van der Waals surface area contributed by atoms with Crippen molar-refractivity contribution in [2.45, 2.75) is 19.8 Å². The van der Waals surface area contributed by atoms with E-state index in [-0.39, 0.29) is 5.96 Å². The highest BCUT2D eigenvalue weighted by Gasteiger charge is 2.13. The lowest BCUT2D eigenvalue weighted by molar-refractivity contribution is 0.949. The zero-order valence-corrected chi connectivity index (χ0v) is 10.6. The van der Waals surface area contributed by atoms with Crippen LogP contribution < -0.4 is 16.4 Å². The number of hydrogen-bond donors (Lipinski definition) is 2. The first-order valence-electron chi connectivity index (χ1n) is 6.14. The van der Waals surface area contributed by atoms with Gasteiger partial charge in [-0.1, -0.05) is 6.07 Å². The Morgan fingerprint density at radius 2 is 2.00 bits per heavy atom. The summed E-state index contributed by atoms with van der Waals surface area (Å²) >= 11 is 0. The third-order valence-electron chi connectivity index (χ3n) is 3.05. The van der Waals surface area contributed by atoms with Gasteiger partial charge in [-0.05, 0) is 43.0 Å². The molecule has 0 spiro atoms. The van der Waals surface area contributed by atoms with E-state index in [1.54, 1.807) is 6.21 Å². The Bertz CT molecular complexity index is 468. The molecule has 0 saturated carbocycles. The van der Waals surface area contributed by atoms with Crippen LogP contribution in [0.2, 0.25) is 0 Å². The lowest BCUT2D eigenvalue weighted by Crippen LogP contribution is -2.21. The highest BCUT2D eigenvalue weighted by Crippen LogP contribution is 2.24. The minimum Gasteiger partial charge on any atom is -0.371 e. The maximum absolute atomic E-state index is 5.20. The number of aryl methyl sites for hydroxylation is 1. The van der Waals surface area contributed by atoms with Crippen LogP contribution >= 0.6 is 0 Å². The minimum absolute atomic E-state index is 0.0309. The molecular weight excluding hydrogens is 226 g/mol. The van der Waals surface area contributed by atoms with Gasteiger partial charge in [0.15, 0.2) is 0 Å². The lowest BCUT2D eigenvalue weighted by atomic mass is 10.1. The molecule has 1 aromatic carbocycles. The third kappa shape index (κ3) is 3.00. The predicted octanol–water partition coefficient (Wildman–Crippen LogP) is 1.20. The van der Waals surface area contributed by atoms with Gasteiger partial charge < -0.3 is 16.4 Å². The molecule has 2 rings (SSSR count). The highest BCUT2D eigenvalue weighted by molar-refractivity contribution is 5.82. The van der Waals surface area contributed by atoms with Crippen molar-refractivity contribution in [3.63, 3.8) is 0 Å². The van der Waals surface area contributed by atoms with Crippen LogP contribution in [0.3, 0.4) is 0 Å². The van der Waals surface area contributed by atoms with E-state index >= 15 is 0 Å². The quantitative estimate of drug-likeness (QED) is 0.477. The SMILES string of the molecule is Cc1cc(C=NN=C(N)N)ccc1N1CCCC1. The summed E-state index contributed by atoms with van der Waals surface area (Å²) in [7, 11) is 0. The predicted molar refractivity (Wildman–Crippen MR) is 76.0 cm³/mol. The Kier molecular flexibility index (Phi) is 3.82. The number of nitrogens with zero attached hydrogens (tertiary/aromatic N) is 3. The van der Waals surface area contributed by atoms with Crippen molar-refractivity contribution >= 4 is 17.9 Å². The van der Waals surface area contributed by atoms with Gasteiger partial charge in [-0.25, -0.2) is 0 Å². The van der Waals surface area contributed by atoms with E-state index in [1.165, 1.54) is 24.1 Å². The molecule has 1 aromatic rings. The maximum atomic E-state index is 5.20. The number of rotatable bonds is 3. The first-order chi connectivity index (χ1) is 8.66. The minimum atomic E-state index is -0.0309. The molecule has 0 atom stereocenters. The summed E-state index contributed by atoms with van der Waals surface area (Å²) in [5, 5.41) is 7.39. The van der Waals surface area contributed by atoms with E-state index in [0.717, 1.165) is 18.7 Å². The molecule has 0 aromatic heterocycles. The fourth-order valence-corrected chi connectivity index (χ4v) is 2.23. The molecule has 1 aliphatic rings. The van der Waals surface area contributed by atoms with E-state index in [9.17, 15) is 0 Å². The number of nitrogens with two attached hydrogens (primary N) is 2. The molecule has 0 aliphatic carbocycles. The van der Waals surface area contributed by atoms with Gasteiger partial charge >= 0.3 is 0 Å². The zero-order valence-electron chi connectivity index (χ0n) is 10.6. The Hall–Kier alpha value is -2.04. The summed E-state index contributed by atoms with van der Waals surface area (Å²) in [4.78, 5) is 2.42. The maximum Gasteiger partial charge on any atom is 0.211 e. The van der Waals surface area contributed by atoms with Gasteiger partial charge in [0.05, 0.1) is 6.21 Å². The first-order valence-corrected chi connectivity index (χ1v) is 6.14. The number of benzene rings is 1. The van der Waals surface area contributed by atoms with Gasteiger partial charge in [-0.3, -0.25) is 0 Å². The molecule has 5 nitrogen and oxygen atoms in total. The number of guanidine groups is 1. The van der Waals surface area contributed by atoms with Crippen molar-refractivity contribution < 1.29 is 0 Å². The molecule has 96 valence electrons. The third-order valence-corrected chi connectivity index (χ3v) is 3.05. The second kappa shape index (κ2) is 5.53. The largest absolute Gasteiger partial charge is 0.371 e. The fraction of sp³-hybridized carbons (Fsp3) is 0.385. The molecule has 0 unspecified atom stereocenters. The van der Waals surface area contributed by atoms with Crippen LogP contribution in [0.4, 0.5) is 5.69 Å². The van der Waals surface area contributed by atoms with E-state index < -0.39 is 0 Å².